The van der Waals surface area contributed by atoms with Crippen LogP contribution < -0.4 is 0 Å². The van der Waals surface area contributed by atoms with E-state index in [1.165, 1.54) is 0 Å². The highest BCUT2D eigenvalue weighted by Crippen LogP contribution is 2.40. The lowest BCUT2D eigenvalue weighted by Crippen LogP contribution is -2.25. The Balaban J connectivity index is 3.27. The van der Waals surface area contributed by atoms with Gasteiger partial charge in [-0.15, -0.1) is 0 Å². The summed E-state index contributed by atoms with van der Waals surface area (Å²) in [6.45, 7) is 3.12. The Morgan fingerprint density at radius 2 is 1.76 bits per heavy atom. The smallest absolute Gasteiger partial charge is 0.396 e. The largest absolute Gasteiger partial charge is 0.481 e. The van der Waals surface area contributed by atoms with Gasteiger partial charge in [-0.25, -0.2) is 0 Å². The minimum absolute atomic E-state index is 0.0717. The summed E-state index contributed by atoms with van der Waals surface area (Å²) in [7, 11) is 0. The number of halogens is 3. The molecule has 0 aliphatic heterocycles. The van der Waals surface area contributed by atoms with Gasteiger partial charge in [0.15, 0.2) is 0 Å². The van der Waals surface area contributed by atoms with Crippen molar-refractivity contribution in [2.24, 2.45) is 0 Å². The molecule has 0 saturated carbocycles. The van der Waals surface area contributed by atoms with Crippen LogP contribution in [-0.2, 0) is 4.79 Å². The molecule has 0 aliphatic rings. The van der Waals surface area contributed by atoms with Gasteiger partial charge in [0.25, 0.3) is 0 Å². The second kappa shape index (κ2) is 4.77. The van der Waals surface area contributed by atoms with Crippen molar-refractivity contribution in [3.8, 4) is 0 Å². The van der Waals surface area contributed by atoms with E-state index in [0.717, 1.165) is 0 Å². The molecule has 1 N–H and O–H groups in total. The molecule has 0 aliphatic carbocycles. The summed E-state index contributed by atoms with van der Waals surface area (Å²) in [5.74, 6) is -3.39. The van der Waals surface area contributed by atoms with Gasteiger partial charge in [-0.3, -0.25) is 4.79 Å². The molecule has 17 heavy (non-hydrogen) atoms. The number of carboxylic acid groups (broad SMARTS) is 1. The van der Waals surface area contributed by atoms with Gasteiger partial charge in [0.1, 0.15) is 0 Å². The molecule has 1 aromatic carbocycles. The highest BCUT2D eigenvalue weighted by atomic mass is 19.4. The molecular formula is C12H13F3O2. The molecule has 0 heterocycles. The van der Waals surface area contributed by atoms with Gasteiger partial charge in [0.05, 0.1) is 12.3 Å². The molecule has 0 aromatic heterocycles. The van der Waals surface area contributed by atoms with E-state index in [2.05, 4.69) is 0 Å². The van der Waals surface area contributed by atoms with E-state index in [4.69, 9.17) is 5.11 Å². The van der Waals surface area contributed by atoms with Crippen molar-refractivity contribution in [2.75, 3.05) is 0 Å². The SMILES string of the molecule is Cc1cccc(C)c1C(CC(=O)O)C(F)(F)F. The molecule has 0 bridgehead atoms. The quantitative estimate of drug-likeness (QED) is 0.887. The first-order valence-corrected chi connectivity index (χ1v) is 5.08. The summed E-state index contributed by atoms with van der Waals surface area (Å²) in [5, 5.41) is 8.59. The van der Waals surface area contributed by atoms with Crippen LogP contribution in [0, 0.1) is 13.8 Å². The maximum atomic E-state index is 12.9. The number of hydrogen-bond donors (Lipinski definition) is 1. The van der Waals surface area contributed by atoms with Crippen LogP contribution >= 0.6 is 0 Å². The Bertz CT molecular complexity index is 404. The molecule has 1 aromatic rings. The fraction of sp³-hybridized carbons (Fsp3) is 0.417. The summed E-state index contributed by atoms with van der Waals surface area (Å²) in [4.78, 5) is 10.6. The highest BCUT2D eigenvalue weighted by Gasteiger charge is 2.43. The van der Waals surface area contributed by atoms with Crippen molar-refractivity contribution in [1.29, 1.82) is 0 Å². The minimum atomic E-state index is -4.55. The Labute approximate surface area is 97.1 Å². The molecule has 2 nitrogen and oxygen atoms in total. The Hall–Kier alpha value is -1.52. The predicted octanol–water partition coefficient (Wildman–Crippen LogP) is 3.42. The van der Waals surface area contributed by atoms with Crippen LogP contribution in [0.5, 0.6) is 0 Å². The van der Waals surface area contributed by atoms with Crippen LogP contribution in [0.2, 0.25) is 0 Å². The highest BCUT2D eigenvalue weighted by molar-refractivity contribution is 5.68. The number of hydrogen-bond acceptors (Lipinski definition) is 1. The number of rotatable bonds is 3. The number of aryl methyl sites for hydroxylation is 2. The molecule has 1 atom stereocenters. The number of carboxylic acids is 1. The molecule has 1 rings (SSSR count). The minimum Gasteiger partial charge on any atom is -0.481 e. The van der Waals surface area contributed by atoms with Crippen molar-refractivity contribution in [3.63, 3.8) is 0 Å². The fourth-order valence-electron chi connectivity index (χ4n) is 1.93. The predicted molar refractivity (Wildman–Crippen MR) is 57.0 cm³/mol. The lowest BCUT2D eigenvalue weighted by Gasteiger charge is -2.22. The van der Waals surface area contributed by atoms with Crippen molar-refractivity contribution >= 4 is 5.97 Å². The maximum absolute atomic E-state index is 12.9. The summed E-state index contributed by atoms with van der Waals surface area (Å²) >= 11 is 0. The summed E-state index contributed by atoms with van der Waals surface area (Å²) < 4.78 is 38.6. The van der Waals surface area contributed by atoms with Crippen molar-refractivity contribution in [3.05, 3.63) is 34.9 Å². The molecule has 1 unspecified atom stereocenters. The monoisotopic (exact) mass is 246 g/mol. The van der Waals surface area contributed by atoms with Gasteiger partial charge in [-0.05, 0) is 30.5 Å². The topological polar surface area (TPSA) is 37.3 Å². The number of alkyl halides is 3. The molecule has 0 spiro atoms. The average Bonchev–Trinajstić information content (AvgIpc) is 2.13. The zero-order chi connectivity index (χ0) is 13.2. The first kappa shape index (κ1) is 13.5. The Kier molecular flexibility index (Phi) is 3.80. The van der Waals surface area contributed by atoms with Gasteiger partial charge >= 0.3 is 12.1 Å². The molecule has 0 fully saturated rings. The van der Waals surface area contributed by atoms with Crippen LogP contribution in [0.15, 0.2) is 18.2 Å². The second-order valence-electron chi connectivity index (χ2n) is 4.00. The summed E-state index contributed by atoms with van der Waals surface area (Å²) in [6.07, 6.45) is -5.48. The van der Waals surface area contributed by atoms with Crippen molar-refractivity contribution in [2.45, 2.75) is 32.4 Å². The van der Waals surface area contributed by atoms with E-state index in [9.17, 15) is 18.0 Å². The van der Waals surface area contributed by atoms with Gasteiger partial charge in [-0.1, -0.05) is 18.2 Å². The van der Waals surface area contributed by atoms with E-state index >= 15 is 0 Å². The standard InChI is InChI=1S/C12H13F3O2/c1-7-4-3-5-8(2)11(7)9(6-10(16)17)12(13,14)15/h3-5,9H,6H2,1-2H3,(H,16,17). The van der Waals surface area contributed by atoms with Crippen molar-refractivity contribution < 1.29 is 23.1 Å². The van der Waals surface area contributed by atoms with E-state index in [-0.39, 0.29) is 5.56 Å². The van der Waals surface area contributed by atoms with Crippen LogP contribution in [-0.4, -0.2) is 17.3 Å². The molecule has 0 radical (unpaired) electrons. The van der Waals surface area contributed by atoms with Crippen LogP contribution in [0.3, 0.4) is 0 Å². The summed E-state index contributed by atoms with van der Waals surface area (Å²) in [6, 6.07) is 4.77. The first-order valence-electron chi connectivity index (χ1n) is 5.08. The van der Waals surface area contributed by atoms with Gasteiger partial charge in [-0.2, -0.15) is 13.2 Å². The Morgan fingerprint density at radius 3 is 2.12 bits per heavy atom. The fourth-order valence-corrected chi connectivity index (χ4v) is 1.93. The lowest BCUT2D eigenvalue weighted by atomic mass is 9.88. The molecule has 0 amide bonds. The number of carbonyl (C=O) groups is 1. The van der Waals surface area contributed by atoms with Gasteiger partial charge < -0.3 is 5.11 Å². The van der Waals surface area contributed by atoms with E-state index in [1.54, 1.807) is 32.0 Å². The van der Waals surface area contributed by atoms with Crippen LogP contribution in [0.1, 0.15) is 29.0 Å². The van der Waals surface area contributed by atoms with Crippen molar-refractivity contribution in [1.82, 2.24) is 0 Å². The summed E-state index contributed by atoms with van der Waals surface area (Å²) in [5.41, 5.74) is 1.00. The second-order valence-corrected chi connectivity index (χ2v) is 4.00. The van der Waals surface area contributed by atoms with Crippen LogP contribution in [0.4, 0.5) is 13.2 Å². The van der Waals surface area contributed by atoms with E-state index in [1.807, 2.05) is 0 Å². The molecular weight excluding hydrogens is 233 g/mol. The molecule has 5 heteroatoms. The van der Waals surface area contributed by atoms with E-state index in [0.29, 0.717) is 11.1 Å². The maximum Gasteiger partial charge on any atom is 0.396 e. The molecule has 0 saturated heterocycles. The van der Waals surface area contributed by atoms with Crippen LogP contribution in [0.25, 0.3) is 0 Å². The third-order valence-corrected chi connectivity index (χ3v) is 2.66. The zero-order valence-electron chi connectivity index (χ0n) is 9.51. The molecule has 94 valence electrons. The first-order chi connectivity index (χ1) is 7.73. The lowest BCUT2D eigenvalue weighted by molar-refractivity contribution is -0.163. The Morgan fingerprint density at radius 1 is 1.29 bits per heavy atom. The van der Waals surface area contributed by atoms with Gasteiger partial charge in [0, 0.05) is 0 Å². The third kappa shape index (κ3) is 3.22. The average molecular weight is 246 g/mol. The zero-order valence-corrected chi connectivity index (χ0v) is 9.51. The number of aliphatic carboxylic acids is 1. The number of benzene rings is 1. The third-order valence-electron chi connectivity index (χ3n) is 2.66. The van der Waals surface area contributed by atoms with Gasteiger partial charge in [0.2, 0.25) is 0 Å². The normalized spacial score (nSPS) is 13.5. The van der Waals surface area contributed by atoms with E-state index < -0.39 is 24.5 Å².